The highest BCUT2D eigenvalue weighted by molar-refractivity contribution is 5.89. The van der Waals surface area contributed by atoms with E-state index in [2.05, 4.69) is 15.6 Å². The first-order valence-corrected chi connectivity index (χ1v) is 10.2. The van der Waals surface area contributed by atoms with E-state index < -0.39 is 6.04 Å². The maximum Gasteiger partial charge on any atom is 0.409 e. The first kappa shape index (κ1) is 21.0. The van der Waals surface area contributed by atoms with E-state index in [9.17, 15) is 14.4 Å². The molecular weight excluding hydrogens is 374 g/mol. The largest absolute Gasteiger partial charge is 0.450 e. The lowest BCUT2D eigenvalue weighted by molar-refractivity contribution is -0.134. The number of aromatic nitrogens is 1. The molecule has 158 valence electrons. The minimum absolute atomic E-state index is 0.00611. The van der Waals surface area contributed by atoms with Gasteiger partial charge in [-0.1, -0.05) is 6.07 Å². The van der Waals surface area contributed by atoms with Crippen molar-refractivity contribution in [3.63, 3.8) is 0 Å². The standard InChI is InChI=1S/C20H29N5O4/c1-2-29-20(28)24-9-5-16(6-10-24)23-18(26)12-17-19(27)22-8-11-25(17)14-15-4-3-7-21-13-15/h3-4,7,13,16-17H,2,5-6,8-12,14H2,1H3,(H,22,27)(H,23,26)/t17-/m0/s1. The lowest BCUT2D eigenvalue weighted by Gasteiger charge is -2.35. The van der Waals surface area contributed by atoms with Gasteiger partial charge in [-0.2, -0.15) is 0 Å². The molecule has 0 aliphatic carbocycles. The summed E-state index contributed by atoms with van der Waals surface area (Å²) >= 11 is 0. The molecule has 0 bridgehead atoms. The fourth-order valence-corrected chi connectivity index (χ4v) is 3.78. The summed E-state index contributed by atoms with van der Waals surface area (Å²) in [5, 5.41) is 5.88. The van der Waals surface area contributed by atoms with Crippen molar-refractivity contribution < 1.29 is 19.1 Å². The molecule has 1 aromatic rings. The van der Waals surface area contributed by atoms with Crippen molar-refractivity contribution in [1.82, 2.24) is 25.4 Å². The maximum absolute atomic E-state index is 12.6. The van der Waals surface area contributed by atoms with Crippen molar-refractivity contribution in [2.45, 2.75) is 44.8 Å². The molecule has 9 heteroatoms. The van der Waals surface area contributed by atoms with Gasteiger partial charge in [0.25, 0.3) is 0 Å². The van der Waals surface area contributed by atoms with Gasteiger partial charge < -0.3 is 20.3 Å². The van der Waals surface area contributed by atoms with Crippen LogP contribution in [0, 0.1) is 0 Å². The molecule has 2 aliphatic heterocycles. The average Bonchev–Trinajstić information content (AvgIpc) is 2.72. The molecular formula is C20H29N5O4. The molecule has 3 heterocycles. The summed E-state index contributed by atoms with van der Waals surface area (Å²) in [6.07, 6.45) is 4.67. The SMILES string of the molecule is CCOC(=O)N1CCC(NC(=O)C[C@H]2C(=O)NCCN2Cc2cccnc2)CC1. The highest BCUT2D eigenvalue weighted by Gasteiger charge is 2.32. The van der Waals surface area contributed by atoms with E-state index in [0.717, 1.165) is 5.56 Å². The summed E-state index contributed by atoms with van der Waals surface area (Å²) in [6, 6.07) is 3.34. The number of carbonyl (C=O) groups excluding carboxylic acids is 3. The molecule has 2 N–H and O–H groups in total. The number of amides is 3. The van der Waals surface area contributed by atoms with Gasteiger partial charge in [0.1, 0.15) is 0 Å². The van der Waals surface area contributed by atoms with Gasteiger partial charge in [-0.25, -0.2) is 4.79 Å². The molecule has 3 rings (SSSR count). The molecule has 29 heavy (non-hydrogen) atoms. The number of ether oxygens (including phenoxy) is 1. The minimum Gasteiger partial charge on any atom is -0.450 e. The zero-order valence-corrected chi connectivity index (χ0v) is 16.8. The van der Waals surface area contributed by atoms with Crippen molar-refractivity contribution in [2.75, 3.05) is 32.8 Å². The number of carbonyl (C=O) groups is 3. The zero-order valence-electron chi connectivity index (χ0n) is 16.8. The first-order chi connectivity index (χ1) is 14.1. The number of likely N-dealkylation sites (tertiary alicyclic amines) is 1. The van der Waals surface area contributed by atoms with E-state index >= 15 is 0 Å². The molecule has 3 amide bonds. The van der Waals surface area contributed by atoms with E-state index in [0.29, 0.717) is 52.2 Å². The molecule has 2 saturated heterocycles. The summed E-state index contributed by atoms with van der Waals surface area (Å²) in [6.45, 7) is 5.09. The van der Waals surface area contributed by atoms with Gasteiger partial charge in [0.05, 0.1) is 19.1 Å². The summed E-state index contributed by atoms with van der Waals surface area (Å²) in [5.74, 6) is -0.259. The van der Waals surface area contributed by atoms with Crippen LogP contribution in [-0.2, 0) is 20.9 Å². The molecule has 9 nitrogen and oxygen atoms in total. The second-order valence-corrected chi connectivity index (χ2v) is 7.37. The van der Waals surface area contributed by atoms with E-state index in [1.54, 1.807) is 24.2 Å². The van der Waals surface area contributed by atoms with Crippen LogP contribution in [0.5, 0.6) is 0 Å². The fraction of sp³-hybridized carbons (Fsp3) is 0.600. The normalized spacial score (nSPS) is 20.8. The van der Waals surface area contributed by atoms with Gasteiger partial charge in [0.15, 0.2) is 0 Å². The number of hydrogen-bond donors (Lipinski definition) is 2. The monoisotopic (exact) mass is 403 g/mol. The topological polar surface area (TPSA) is 104 Å². The van der Waals surface area contributed by atoms with Crippen LogP contribution in [0.1, 0.15) is 31.7 Å². The quantitative estimate of drug-likeness (QED) is 0.717. The number of nitrogens with zero attached hydrogens (tertiary/aromatic N) is 3. The van der Waals surface area contributed by atoms with Gasteiger partial charge in [0.2, 0.25) is 11.8 Å². The van der Waals surface area contributed by atoms with Crippen LogP contribution >= 0.6 is 0 Å². The summed E-state index contributed by atoms with van der Waals surface area (Å²) in [7, 11) is 0. The van der Waals surface area contributed by atoms with Crippen LogP contribution in [-0.4, -0.2) is 77.6 Å². The Hall–Kier alpha value is -2.68. The summed E-state index contributed by atoms with van der Waals surface area (Å²) in [5.41, 5.74) is 1.01. The van der Waals surface area contributed by atoms with Gasteiger partial charge >= 0.3 is 6.09 Å². The van der Waals surface area contributed by atoms with Crippen molar-refractivity contribution >= 4 is 17.9 Å². The lowest BCUT2D eigenvalue weighted by Crippen LogP contribution is -2.56. The average molecular weight is 403 g/mol. The van der Waals surface area contributed by atoms with Crippen LogP contribution in [0.4, 0.5) is 4.79 Å². The Morgan fingerprint density at radius 2 is 2.10 bits per heavy atom. The maximum atomic E-state index is 12.6. The number of rotatable bonds is 6. The van der Waals surface area contributed by atoms with Crippen LogP contribution < -0.4 is 10.6 Å². The van der Waals surface area contributed by atoms with Gasteiger partial charge in [-0.05, 0) is 31.4 Å². The van der Waals surface area contributed by atoms with Crippen LogP contribution in [0.25, 0.3) is 0 Å². The third-order valence-corrected chi connectivity index (χ3v) is 5.31. The Labute approximate surface area is 170 Å². The van der Waals surface area contributed by atoms with Crippen molar-refractivity contribution in [3.8, 4) is 0 Å². The Balaban J connectivity index is 1.50. The van der Waals surface area contributed by atoms with Crippen LogP contribution in [0.3, 0.4) is 0 Å². The van der Waals surface area contributed by atoms with Crippen molar-refractivity contribution in [2.24, 2.45) is 0 Å². The molecule has 1 aromatic heterocycles. The number of piperazine rings is 1. The highest BCUT2D eigenvalue weighted by Crippen LogP contribution is 2.15. The van der Waals surface area contributed by atoms with Crippen molar-refractivity contribution in [1.29, 1.82) is 0 Å². The molecule has 0 unspecified atom stereocenters. The predicted molar refractivity (Wildman–Crippen MR) is 106 cm³/mol. The zero-order chi connectivity index (χ0) is 20.6. The number of hydrogen-bond acceptors (Lipinski definition) is 6. The number of nitrogens with one attached hydrogen (secondary N) is 2. The predicted octanol–water partition coefficient (Wildman–Crippen LogP) is 0.509. The second-order valence-electron chi connectivity index (χ2n) is 7.37. The molecule has 1 atom stereocenters. The van der Waals surface area contributed by atoms with Gasteiger partial charge in [-0.15, -0.1) is 0 Å². The second kappa shape index (κ2) is 10.2. The van der Waals surface area contributed by atoms with Gasteiger partial charge in [0, 0.05) is 51.2 Å². The lowest BCUT2D eigenvalue weighted by atomic mass is 10.0. The van der Waals surface area contributed by atoms with Crippen LogP contribution in [0.15, 0.2) is 24.5 Å². The summed E-state index contributed by atoms with van der Waals surface area (Å²) < 4.78 is 5.02. The van der Waals surface area contributed by atoms with Crippen LogP contribution in [0.2, 0.25) is 0 Å². The Kier molecular flexibility index (Phi) is 7.40. The third kappa shape index (κ3) is 5.90. The van der Waals surface area contributed by atoms with E-state index in [1.807, 2.05) is 17.0 Å². The molecule has 0 radical (unpaired) electrons. The Morgan fingerprint density at radius 3 is 2.79 bits per heavy atom. The number of pyridine rings is 1. The van der Waals surface area contributed by atoms with E-state index in [1.165, 1.54) is 0 Å². The summed E-state index contributed by atoms with van der Waals surface area (Å²) in [4.78, 5) is 44.6. The molecule has 0 spiro atoms. The molecule has 2 fully saturated rings. The highest BCUT2D eigenvalue weighted by atomic mass is 16.6. The van der Waals surface area contributed by atoms with E-state index in [-0.39, 0.29) is 30.4 Å². The Morgan fingerprint density at radius 1 is 1.31 bits per heavy atom. The smallest absolute Gasteiger partial charge is 0.409 e. The number of piperidine rings is 1. The van der Waals surface area contributed by atoms with E-state index in [4.69, 9.17) is 4.74 Å². The molecule has 0 aromatic carbocycles. The molecule has 2 aliphatic rings. The third-order valence-electron chi connectivity index (χ3n) is 5.31. The minimum atomic E-state index is -0.497. The van der Waals surface area contributed by atoms with Crippen molar-refractivity contribution in [3.05, 3.63) is 30.1 Å². The van der Waals surface area contributed by atoms with Gasteiger partial charge in [-0.3, -0.25) is 19.5 Å². The molecule has 0 saturated carbocycles. The fourth-order valence-electron chi connectivity index (χ4n) is 3.78. The Bertz CT molecular complexity index is 706. The first-order valence-electron chi connectivity index (χ1n) is 10.2.